The van der Waals surface area contributed by atoms with Crippen molar-refractivity contribution in [1.29, 1.82) is 0 Å². The molecule has 0 aliphatic rings. The first-order chi connectivity index (χ1) is 5.24. The van der Waals surface area contributed by atoms with Gasteiger partial charge in [-0.25, -0.2) is 0 Å². The van der Waals surface area contributed by atoms with Gasteiger partial charge in [0.2, 0.25) is 0 Å². The van der Waals surface area contributed by atoms with Crippen molar-refractivity contribution in [2.75, 3.05) is 26.4 Å². The summed E-state index contributed by atoms with van der Waals surface area (Å²) >= 11 is 7.27. The van der Waals surface area contributed by atoms with Crippen LogP contribution in [-0.4, -0.2) is 34.1 Å². The molecule has 0 atom stereocenters. The molecule has 5 heteroatoms. The van der Waals surface area contributed by atoms with Crippen LogP contribution in [0.1, 0.15) is 6.42 Å². The van der Waals surface area contributed by atoms with Crippen LogP contribution in [0.2, 0.25) is 6.04 Å². The zero-order valence-electron chi connectivity index (χ0n) is 7.22. The molecule has 11 heavy (non-hydrogen) atoms. The van der Waals surface area contributed by atoms with E-state index in [4.69, 9.17) is 20.5 Å². The summed E-state index contributed by atoms with van der Waals surface area (Å²) in [5.74, 6) is 0.683. The molecule has 68 valence electrons. The summed E-state index contributed by atoms with van der Waals surface area (Å²) in [6.45, 7) is 0. The zero-order chi connectivity index (χ0) is 8.74. The first-order valence-electron chi connectivity index (χ1n) is 3.46. The SMILES string of the molecule is CO[Si](CCCCl)(OC)SC. The third-order valence-corrected chi connectivity index (χ3v) is 8.13. The predicted molar refractivity (Wildman–Crippen MR) is 53.4 cm³/mol. The summed E-state index contributed by atoms with van der Waals surface area (Å²) in [5, 5.41) is 0. The van der Waals surface area contributed by atoms with E-state index in [1.807, 2.05) is 6.26 Å². The molecule has 0 aromatic heterocycles. The second kappa shape index (κ2) is 6.31. The van der Waals surface area contributed by atoms with Crippen molar-refractivity contribution in [2.24, 2.45) is 0 Å². The Bertz CT molecular complexity index is 92.3. The zero-order valence-corrected chi connectivity index (χ0v) is 9.80. The second-order valence-electron chi connectivity index (χ2n) is 2.09. The lowest BCUT2D eigenvalue weighted by Crippen LogP contribution is -2.36. The van der Waals surface area contributed by atoms with E-state index >= 15 is 0 Å². The average molecular weight is 215 g/mol. The van der Waals surface area contributed by atoms with Gasteiger partial charge in [0.1, 0.15) is 0 Å². The molecule has 2 nitrogen and oxygen atoms in total. The smallest absolute Gasteiger partial charge is 0.390 e. The number of alkyl halides is 1. The van der Waals surface area contributed by atoms with Crippen molar-refractivity contribution < 1.29 is 8.85 Å². The van der Waals surface area contributed by atoms with Gasteiger partial charge in [-0.1, -0.05) is 0 Å². The lowest BCUT2D eigenvalue weighted by Gasteiger charge is -2.24. The van der Waals surface area contributed by atoms with Crippen molar-refractivity contribution >= 4 is 30.5 Å². The highest BCUT2D eigenvalue weighted by Gasteiger charge is 2.33. The molecule has 0 aromatic carbocycles. The normalized spacial score (nSPS) is 12.0. The molecule has 0 saturated carbocycles. The van der Waals surface area contributed by atoms with Gasteiger partial charge in [0.15, 0.2) is 0 Å². The van der Waals surface area contributed by atoms with E-state index < -0.39 is 7.71 Å². The summed E-state index contributed by atoms with van der Waals surface area (Å²) in [7, 11) is 1.51. The van der Waals surface area contributed by atoms with Gasteiger partial charge in [0.05, 0.1) is 0 Å². The summed E-state index contributed by atoms with van der Waals surface area (Å²) in [5.41, 5.74) is 0. The number of halogens is 1. The highest BCUT2D eigenvalue weighted by atomic mass is 35.5. The Kier molecular flexibility index (Phi) is 6.76. The van der Waals surface area contributed by atoms with E-state index in [9.17, 15) is 0 Å². The van der Waals surface area contributed by atoms with E-state index in [0.29, 0.717) is 5.88 Å². The van der Waals surface area contributed by atoms with E-state index in [-0.39, 0.29) is 0 Å². The van der Waals surface area contributed by atoms with Crippen molar-refractivity contribution in [3.63, 3.8) is 0 Å². The fourth-order valence-corrected chi connectivity index (χ4v) is 4.96. The number of rotatable bonds is 6. The van der Waals surface area contributed by atoms with Crippen LogP contribution in [0, 0.1) is 0 Å². The van der Waals surface area contributed by atoms with Crippen molar-refractivity contribution in [1.82, 2.24) is 0 Å². The Hall–Kier alpha value is 0.777. The van der Waals surface area contributed by atoms with Gasteiger partial charge >= 0.3 is 7.71 Å². The minimum atomic E-state index is -1.91. The largest absolute Gasteiger partial charge is 0.405 e. The molecular weight excluding hydrogens is 200 g/mol. The molecule has 0 spiro atoms. The van der Waals surface area contributed by atoms with Crippen molar-refractivity contribution in [3.8, 4) is 0 Å². The Morgan fingerprint density at radius 3 is 2.18 bits per heavy atom. The maximum absolute atomic E-state index is 5.58. The van der Waals surface area contributed by atoms with Gasteiger partial charge in [0.25, 0.3) is 0 Å². The van der Waals surface area contributed by atoms with Crippen LogP contribution >= 0.6 is 22.8 Å². The van der Waals surface area contributed by atoms with E-state index in [2.05, 4.69) is 0 Å². The molecule has 0 saturated heterocycles. The standard InChI is InChI=1S/C6H15ClO2SSi/c1-8-11(9-2,10-3)6-4-5-7/h4-6H2,1-3H3. The topological polar surface area (TPSA) is 18.5 Å². The Labute approximate surface area is 78.5 Å². The highest BCUT2D eigenvalue weighted by molar-refractivity contribution is 8.26. The second-order valence-corrected chi connectivity index (χ2v) is 8.65. The fraction of sp³-hybridized carbons (Fsp3) is 1.00. The molecule has 0 fully saturated rings. The average Bonchev–Trinajstić information content (AvgIpc) is 2.08. The molecule has 0 aliphatic heterocycles. The van der Waals surface area contributed by atoms with Crippen LogP contribution in [0.4, 0.5) is 0 Å². The van der Waals surface area contributed by atoms with Gasteiger partial charge < -0.3 is 8.85 Å². The predicted octanol–water partition coefficient (Wildman–Crippen LogP) is 2.21. The van der Waals surface area contributed by atoms with E-state index in [0.717, 1.165) is 12.5 Å². The summed E-state index contributed by atoms with van der Waals surface area (Å²) < 4.78 is 10.7. The van der Waals surface area contributed by atoms with Crippen LogP contribution < -0.4 is 0 Å². The van der Waals surface area contributed by atoms with Gasteiger partial charge in [-0.3, -0.25) is 0 Å². The molecular formula is C6H15ClO2SSi. The fourth-order valence-electron chi connectivity index (χ4n) is 0.840. The first kappa shape index (κ1) is 11.8. The molecule has 0 heterocycles. The molecule has 0 rings (SSSR count). The molecule has 0 radical (unpaired) electrons. The molecule has 0 aliphatic carbocycles. The molecule has 0 bridgehead atoms. The molecule has 0 unspecified atom stereocenters. The Morgan fingerprint density at radius 1 is 1.36 bits per heavy atom. The van der Waals surface area contributed by atoms with Gasteiger partial charge in [-0.05, 0) is 12.7 Å². The van der Waals surface area contributed by atoms with Crippen molar-refractivity contribution in [3.05, 3.63) is 0 Å². The quantitative estimate of drug-likeness (QED) is 0.499. The maximum atomic E-state index is 5.58. The lowest BCUT2D eigenvalue weighted by molar-refractivity contribution is 0.268. The maximum Gasteiger partial charge on any atom is 0.405 e. The van der Waals surface area contributed by atoms with Crippen LogP contribution in [0.25, 0.3) is 0 Å². The first-order valence-corrected chi connectivity index (χ1v) is 7.97. The van der Waals surface area contributed by atoms with Crippen LogP contribution in [0.5, 0.6) is 0 Å². The van der Waals surface area contributed by atoms with Gasteiger partial charge in [0, 0.05) is 26.1 Å². The molecule has 0 aromatic rings. The van der Waals surface area contributed by atoms with Gasteiger partial charge in [-0.15, -0.1) is 22.8 Å². The van der Waals surface area contributed by atoms with E-state index in [1.54, 1.807) is 25.4 Å². The van der Waals surface area contributed by atoms with Crippen LogP contribution in [0.3, 0.4) is 0 Å². The third kappa shape index (κ3) is 3.80. The highest BCUT2D eigenvalue weighted by Crippen LogP contribution is 2.25. The summed E-state index contributed by atoms with van der Waals surface area (Å²) in [6, 6.07) is 0.963. The summed E-state index contributed by atoms with van der Waals surface area (Å²) in [4.78, 5) is 0. The third-order valence-electron chi connectivity index (χ3n) is 1.55. The Morgan fingerprint density at radius 2 is 1.91 bits per heavy atom. The van der Waals surface area contributed by atoms with E-state index in [1.165, 1.54) is 0 Å². The summed E-state index contributed by atoms with van der Waals surface area (Å²) in [6.07, 6.45) is 2.99. The molecule has 0 amide bonds. The van der Waals surface area contributed by atoms with Crippen LogP contribution in [-0.2, 0) is 8.85 Å². The van der Waals surface area contributed by atoms with Gasteiger partial charge in [-0.2, -0.15) is 0 Å². The minimum absolute atomic E-state index is 0.683. The number of hydrogen-bond donors (Lipinski definition) is 0. The number of hydrogen-bond acceptors (Lipinski definition) is 3. The monoisotopic (exact) mass is 214 g/mol. The minimum Gasteiger partial charge on any atom is -0.390 e. The van der Waals surface area contributed by atoms with Crippen molar-refractivity contribution in [2.45, 2.75) is 12.5 Å². The Balaban J connectivity index is 3.84. The van der Waals surface area contributed by atoms with Crippen LogP contribution in [0.15, 0.2) is 0 Å². The lowest BCUT2D eigenvalue weighted by atomic mass is 10.6. The molecule has 0 N–H and O–H groups in total.